The maximum Gasteiger partial charge on any atom is 0.332 e. The van der Waals surface area contributed by atoms with Gasteiger partial charge in [0, 0.05) is 47.9 Å². The number of hydrogen-bond donors (Lipinski definition) is 1. The van der Waals surface area contributed by atoms with E-state index in [1.807, 2.05) is 11.8 Å². The van der Waals surface area contributed by atoms with Crippen molar-refractivity contribution in [3.8, 4) is 5.75 Å². The summed E-state index contributed by atoms with van der Waals surface area (Å²) in [5.74, 6) is -5.47. The van der Waals surface area contributed by atoms with Gasteiger partial charge in [-0.2, -0.15) is 0 Å². The van der Waals surface area contributed by atoms with E-state index in [4.69, 9.17) is 9.47 Å². The maximum atomic E-state index is 15.8. The van der Waals surface area contributed by atoms with Crippen LogP contribution in [0.5, 0.6) is 5.75 Å². The molecule has 0 fully saturated rings. The van der Waals surface area contributed by atoms with Crippen molar-refractivity contribution < 1.29 is 45.7 Å². The molecule has 0 spiro atoms. The number of halogens is 5. The second-order valence-electron chi connectivity index (χ2n) is 12.6. The van der Waals surface area contributed by atoms with E-state index < -0.39 is 55.1 Å². The zero-order valence-electron chi connectivity index (χ0n) is 27.0. The van der Waals surface area contributed by atoms with Crippen LogP contribution in [0.1, 0.15) is 82.7 Å². The second kappa shape index (κ2) is 15.8. The maximum absolute atomic E-state index is 15.8. The predicted octanol–water partition coefficient (Wildman–Crippen LogP) is 5.51. The first-order chi connectivity index (χ1) is 21.8. The van der Waals surface area contributed by atoms with Crippen molar-refractivity contribution in [1.29, 1.82) is 0 Å². The monoisotopic (exact) mass is 656 g/mol. The van der Waals surface area contributed by atoms with E-state index in [2.05, 4.69) is 26.6 Å². The highest BCUT2D eigenvalue weighted by Crippen LogP contribution is 2.40. The number of hydrogen-bond acceptors (Lipinski definition) is 6. The van der Waals surface area contributed by atoms with Crippen LogP contribution in [0, 0.1) is 11.6 Å². The molecular formula is C34H45F5N2O5. The van der Waals surface area contributed by atoms with Gasteiger partial charge in [-0.15, -0.1) is 0 Å². The van der Waals surface area contributed by atoms with Crippen LogP contribution in [0.25, 0.3) is 12.2 Å². The number of esters is 1. The van der Waals surface area contributed by atoms with E-state index >= 15 is 8.78 Å². The lowest BCUT2D eigenvalue weighted by Gasteiger charge is -2.43. The van der Waals surface area contributed by atoms with E-state index in [1.165, 1.54) is 13.8 Å². The minimum atomic E-state index is -3.25. The third-order valence-corrected chi connectivity index (χ3v) is 7.98. The number of unbranched alkanes of at least 4 members (excludes halogenated alkanes) is 2. The Morgan fingerprint density at radius 1 is 1.00 bits per heavy atom. The minimum Gasteiger partial charge on any atom is -0.493 e. The summed E-state index contributed by atoms with van der Waals surface area (Å²) in [6.07, 6.45) is 8.22. The second-order valence-corrected chi connectivity index (χ2v) is 12.6. The molecule has 2 aliphatic rings. The number of aromatic amines is 1. The summed E-state index contributed by atoms with van der Waals surface area (Å²) in [5.41, 5.74) is -0.0259. The fourth-order valence-corrected chi connectivity index (χ4v) is 6.05. The Balaban J connectivity index is 1.32. The predicted molar refractivity (Wildman–Crippen MR) is 164 cm³/mol. The van der Waals surface area contributed by atoms with Gasteiger partial charge in [0.05, 0.1) is 19.3 Å². The van der Waals surface area contributed by atoms with Crippen molar-refractivity contribution in [2.24, 2.45) is 0 Å². The van der Waals surface area contributed by atoms with Gasteiger partial charge in [-0.25, -0.2) is 26.7 Å². The van der Waals surface area contributed by atoms with Gasteiger partial charge in [0.2, 0.25) is 0 Å². The highest BCUT2D eigenvalue weighted by molar-refractivity contribution is 5.70. The standard InChI is InChI=1S/C34H45F5N2O5/c1-5-45-29(42)18-44-21-34(38,39)20-43-13-9-6-10-14-46-23-16-26(35)30(27(36)17-23)32-31-25(24-11-7-8-12-28(24)40-31)15-22(2)41(32)19-33(3,4)37/h11-12,16-17,22,32,40H,5-10,13-15,18-21H2,1-4H3/t22-,32-/m1/s1. The number of rotatable bonds is 17. The minimum absolute atomic E-state index is 0.00284. The number of carbonyl (C=O) groups is 1. The van der Waals surface area contributed by atoms with Gasteiger partial charge in [-0.3, -0.25) is 4.90 Å². The normalized spacial score (nSPS) is 18.4. The molecule has 2 atom stereocenters. The van der Waals surface area contributed by atoms with Crippen LogP contribution >= 0.6 is 0 Å². The zero-order chi connectivity index (χ0) is 33.5. The molecule has 0 radical (unpaired) electrons. The average Bonchev–Trinajstić information content (AvgIpc) is 3.33. The first-order valence-corrected chi connectivity index (χ1v) is 16.0. The number of nitrogens with zero attached hydrogens (tertiary/aromatic N) is 1. The van der Waals surface area contributed by atoms with E-state index in [0.29, 0.717) is 31.4 Å². The number of benzene rings is 1. The number of nitrogens with one attached hydrogen (secondary N) is 1. The van der Waals surface area contributed by atoms with Crippen molar-refractivity contribution >= 4 is 18.1 Å². The van der Waals surface area contributed by atoms with E-state index in [1.54, 1.807) is 6.92 Å². The van der Waals surface area contributed by atoms with Crippen LogP contribution in [0.4, 0.5) is 22.0 Å². The van der Waals surface area contributed by atoms with Crippen molar-refractivity contribution in [3.05, 3.63) is 51.2 Å². The van der Waals surface area contributed by atoms with Crippen molar-refractivity contribution in [2.45, 2.75) is 89.9 Å². The van der Waals surface area contributed by atoms with Gasteiger partial charge in [-0.05, 0) is 77.0 Å². The first-order valence-electron chi connectivity index (χ1n) is 16.0. The Morgan fingerprint density at radius 2 is 1.67 bits per heavy atom. The molecule has 7 nitrogen and oxygen atoms in total. The summed E-state index contributed by atoms with van der Waals surface area (Å²) in [6, 6.07) is 1.32. The molecule has 2 heterocycles. The summed E-state index contributed by atoms with van der Waals surface area (Å²) in [7, 11) is 0. The van der Waals surface area contributed by atoms with Crippen LogP contribution < -0.4 is 15.3 Å². The molecule has 0 saturated heterocycles. The molecule has 1 aromatic carbocycles. The van der Waals surface area contributed by atoms with Crippen molar-refractivity contribution in [1.82, 2.24) is 9.88 Å². The molecule has 1 aliphatic carbocycles. The van der Waals surface area contributed by atoms with Gasteiger partial charge in [0.15, 0.2) is 0 Å². The van der Waals surface area contributed by atoms with Crippen molar-refractivity contribution in [3.63, 3.8) is 0 Å². The Morgan fingerprint density at radius 3 is 2.37 bits per heavy atom. The highest BCUT2D eigenvalue weighted by atomic mass is 19.3. The molecule has 0 bridgehead atoms. The van der Waals surface area contributed by atoms with Gasteiger partial charge < -0.3 is 23.9 Å². The lowest BCUT2D eigenvalue weighted by atomic mass is 9.87. The summed E-state index contributed by atoms with van der Waals surface area (Å²) >= 11 is 0. The Kier molecular flexibility index (Phi) is 12.3. The van der Waals surface area contributed by atoms with Crippen molar-refractivity contribution in [2.75, 3.05) is 46.2 Å². The topological polar surface area (TPSA) is 73.0 Å². The molecule has 256 valence electrons. The highest BCUT2D eigenvalue weighted by Gasteiger charge is 2.41. The molecule has 0 saturated carbocycles. The number of aromatic nitrogens is 1. The van der Waals surface area contributed by atoms with Gasteiger partial charge >= 0.3 is 5.97 Å². The summed E-state index contributed by atoms with van der Waals surface area (Å²) < 4.78 is 94.2. The summed E-state index contributed by atoms with van der Waals surface area (Å²) in [6.45, 7) is 4.52. The molecule has 12 heteroatoms. The molecule has 1 aromatic heterocycles. The van der Waals surface area contributed by atoms with E-state index in [-0.39, 0.29) is 43.7 Å². The number of ether oxygens (including phenoxy) is 4. The molecule has 46 heavy (non-hydrogen) atoms. The summed E-state index contributed by atoms with van der Waals surface area (Å²) in [5, 5.41) is 2.01. The third kappa shape index (κ3) is 9.54. The zero-order valence-corrected chi connectivity index (χ0v) is 27.0. The Labute approximate surface area is 266 Å². The van der Waals surface area contributed by atoms with Crippen LogP contribution in [-0.4, -0.2) is 79.7 Å². The van der Waals surface area contributed by atoms with E-state index in [0.717, 1.165) is 41.1 Å². The number of alkyl halides is 3. The number of carbonyl (C=O) groups excluding carboxylic acids is 1. The molecule has 0 unspecified atom stereocenters. The number of fused-ring (bicyclic) bond motifs is 3. The third-order valence-electron chi connectivity index (χ3n) is 7.98. The number of H-pyrrole nitrogens is 1. The largest absolute Gasteiger partial charge is 0.493 e. The fraction of sp³-hybridized carbons (Fsp3) is 0.618. The molecular weight excluding hydrogens is 611 g/mol. The van der Waals surface area contributed by atoms with Gasteiger partial charge in [-0.1, -0.05) is 12.2 Å². The average molecular weight is 657 g/mol. The summed E-state index contributed by atoms with van der Waals surface area (Å²) in [4.78, 5) is 16.4. The SMILES string of the molecule is CCOC(=O)COCC(F)(F)COCCCCCOc1cc(F)c([C@@H]2c3[nH]c4c(c3C[C@@H](C)N2CC(C)(C)F)=CCCC=4)c(F)c1. The molecule has 0 amide bonds. The lowest BCUT2D eigenvalue weighted by molar-refractivity contribution is -0.157. The van der Waals surface area contributed by atoms with Gasteiger partial charge in [0.1, 0.15) is 42.9 Å². The van der Waals surface area contributed by atoms with Crippen LogP contribution in [0.15, 0.2) is 12.1 Å². The first kappa shape index (κ1) is 35.9. The van der Waals surface area contributed by atoms with Crippen LogP contribution in [0.2, 0.25) is 0 Å². The quantitative estimate of drug-likeness (QED) is 0.138. The molecule has 4 rings (SSSR count). The lowest BCUT2D eigenvalue weighted by Crippen LogP contribution is -2.49. The molecule has 1 aliphatic heterocycles. The van der Waals surface area contributed by atoms with Gasteiger partial charge in [0.25, 0.3) is 5.92 Å². The fourth-order valence-electron chi connectivity index (χ4n) is 6.05. The van der Waals surface area contributed by atoms with E-state index in [9.17, 15) is 18.0 Å². The Bertz CT molecular complexity index is 1430. The molecule has 2 aromatic rings. The molecule has 1 N–H and O–H groups in total. The Hall–Kier alpha value is -2.96. The van der Waals surface area contributed by atoms with Crippen LogP contribution in [-0.2, 0) is 25.4 Å². The van der Waals surface area contributed by atoms with Crippen LogP contribution in [0.3, 0.4) is 0 Å². The smallest absolute Gasteiger partial charge is 0.332 e.